The van der Waals surface area contributed by atoms with Crippen molar-refractivity contribution in [2.24, 2.45) is 5.41 Å². The molecule has 0 rings (SSSR count). The van der Waals surface area contributed by atoms with Gasteiger partial charge in [-0.3, -0.25) is 9.59 Å². The standard InChI is InChI=1S/C17H24O4/c1-5-9-11-12-14-17(13-10-6-2,15(18)20-7-3)16(19)21-8-4/h5,11H,7-8,12-14H2,1-4H3. The largest absolute Gasteiger partial charge is 0.465 e. The molecule has 21 heavy (non-hydrogen) atoms. The third-order valence-corrected chi connectivity index (χ3v) is 2.90. The van der Waals surface area contributed by atoms with E-state index in [9.17, 15) is 9.59 Å². The van der Waals surface area contributed by atoms with Crippen LogP contribution < -0.4 is 0 Å². The van der Waals surface area contributed by atoms with Crippen LogP contribution in [0.2, 0.25) is 0 Å². The summed E-state index contributed by atoms with van der Waals surface area (Å²) in [6.45, 7) is 7.36. The van der Waals surface area contributed by atoms with E-state index in [1.54, 1.807) is 32.9 Å². The Morgan fingerprint density at radius 1 is 1.14 bits per heavy atom. The normalized spacial score (nSPS) is 9.71. The average molecular weight is 292 g/mol. The van der Waals surface area contributed by atoms with E-state index in [-0.39, 0.29) is 19.6 Å². The zero-order chi connectivity index (χ0) is 16.1. The molecule has 0 spiro atoms. The lowest BCUT2D eigenvalue weighted by atomic mass is 9.80. The van der Waals surface area contributed by atoms with Gasteiger partial charge in [0.2, 0.25) is 0 Å². The summed E-state index contributed by atoms with van der Waals surface area (Å²) in [6.07, 6.45) is 4.47. The predicted octanol–water partition coefficient (Wildman–Crippen LogP) is 3.02. The molecular formula is C17H24O4. The summed E-state index contributed by atoms with van der Waals surface area (Å²) in [4.78, 5) is 24.6. The molecule has 4 heteroatoms. The Morgan fingerprint density at radius 3 is 2.14 bits per heavy atom. The Balaban J connectivity index is 5.45. The van der Waals surface area contributed by atoms with Gasteiger partial charge in [0.05, 0.1) is 13.2 Å². The first-order chi connectivity index (χ1) is 10.1. The lowest BCUT2D eigenvalue weighted by molar-refractivity contribution is -0.172. The number of hydrogen-bond donors (Lipinski definition) is 0. The summed E-state index contributed by atoms with van der Waals surface area (Å²) < 4.78 is 10.2. The van der Waals surface area contributed by atoms with Gasteiger partial charge in [0.15, 0.2) is 5.41 Å². The Labute approximate surface area is 127 Å². The van der Waals surface area contributed by atoms with Crippen molar-refractivity contribution in [1.82, 2.24) is 0 Å². The van der Waals surface area contributed by atoms with Gasteiger partial charge >= 0.3 is 11.9 Å². The van der Waals surface area contributed by atoms with Crippen molar-refractivity contribution >= 4 is 11.9 Å². The molecule has 4 nitrogen and oxygen atoms in total. The SMILES string of the molecule is CC#CCC(CCC=C=CC)(C(=O)OCC)C(=O)OCC. The molecule has 0 aliphatic rings. The molecular weight excluding hydrogens is 268 g/mol. The van der Waals surface area contributed by atoms with Gasteiger partial charge in [-0.25, -0.2) is 0 Å². The summed E-state index contributed by atoms with van der Waals surface area (Å²) in [6, 6.07) is 0. The van der Waals surface area contributed by atoms with Crippen molar-refractivity contribution in [3.05, 3.63) is 17.9 Å². The molecule has 0 aromatic rings. The summed E-state index contributed by atoms with van der Waals surface area (Å²) >= 11 is 0. The van der Waals surface area contributed by atoms with Crippen LogP contribution in [0, 0.1) is 17.3 Å². The highest BCUT2D eigenvalue weighted by Crippen LogP contribution is 2.32. The van der Waals surface area contributed by atoms with Crippen LogP contribution in [0.3, 0.4) is 0 Å². The molecule has 0 N–H and O–H groups in total. The number of carbonyl (C=O) groups excluding carboxylic acids is 2. The van der Waals surface area contributed by atoms with Crippen molar-refractivity contribution in [3.8, 4) is 11.8 Å². The Morgan fingerprint density at radius 2 is 1.71 bits per heavy atom. The van der Waals surface area contributed by atoms with Crippen LogP contribution in [0.4, 0.5) is 0 Å². The van der Waals surface area contributed by atoms with Crippen molar-refractivity contribution < 1.29 is 19.1 Å². The lowest BCUT2D eigenvalue weighted by Gasteiger charge is -2.26. The van der Waals surface area contributed by atoms with Crippen LogP contribution in [-0.2, 0) is 19.1 Å². The molecule has 0 aromatic carbocycles. The molecule has 0 saturated carbocycles. The number of allylic oxidation sites excluding steroid dienone is 1. The molecule has 0 fully saturated rings. The van der Waals surface area contributed by atoms with E-state index < -0.39 is 17.4 Å². The molecule has 0 bridgehead atoms. The zero-order valence-corrected chi connectivity index (χ0v) is 13.3. The van der Waals surface area contributed by atoms with Crippen molar-refractivity contribution in [1.29, 1.82) is 0 Å². The fourth-order valence-corrected chi connectivity index (χ4v) is 1.82. The van der Waals surface area contributed by atoms with Crippen molar-refractivity contribution in [3.63, 3.8) is 0 Å². The monoisotopic (exact) mass is 292 g/mol. The third kappa shape index (κ3) is 5.89. The van der Waals surface area contributed by atoms with E-state index >= 15 is 0 Å². The maximum absolute atomic E-state index is 12.3. The highest BCUT2D eigenvalue weighted by Gasteiger charge is 2.47. The highest BCUT2D eigenvalue weighted by atomic mass is 16.6. The number of ether oxygens (including phenoxy) is 2. The van der Waals surface area contributed by atoms with E-state index in [1.165, 1.54) is 0 Å². The van der Waals surface area contributed by atoms with Crippen LogP contribution in [-0.4, -0.2) is 25.2 Å². The van der Waals surface area contributed by atoms with Gasteiger partial charge in [-0.15, -0.1) is 17.6 Å². The number of hydrogen-bond acceptors (Lipinski definition) is 4. The van der Waals surface area contributed by atoms with E-state index in [1.807, 2.05) is 6.92 Å². The Bertz CT molecular complexity index is 441. The maximum atomic E-state index is 12.3. The molecule has 0 saturated heterocycles. The molecule has 0 radical (unpaired) electrons. The number of carbonyl (C=O) groups is 2. The first-order valence-corrected chi connectivity index (χ1v) is 7.18. The molecule has 0 amide bonds. The van der Waals surface area contributed by atoms with E-state index in [0.717, 1.165) is 0 Å². The van der Waals surface area contributed by atoms with Gasteiger partial charge in [-0.05, 0) is 52.7 Å². The summed E-state index contributed by atoms with van der Waals surface area (Å²) in [5.74, 6) is 4.40. The first-order valence-electron chi connectivity index (χ1n) is 7.18. The molecule has 0 heterocycles. The summed E-state index contributed by atoms with van der Waals surface area (Å²) in [5, 5.41) is 0. The van der Waals surface area contributed by atoms with Crippen molar-refractivity contribution in [2.45, 2.75) is 47.0 Å². The topological polar surface area (TPSA) is 52.6 Å². The third-order valence-electron chi connectivity index (χ3n) is 2.90. The Hall–Kier alpha value is -1.98. The van der Waals surface area contributed by atoms with E-state index in [0.29, 0.717) is 12.8 Å². The first kappa shape index (κ1) is 19.0. The smallest absolute Gasteiger partial charge is 0.324 e. The maximum Gasteiger partial charge on any atom is 0.324 e. The van der Waals surface area contributed by atoms with Crippen LogP contribution in [0.25, 0.3) is 0 Å². The number of esters is 2. The minimum absolute atomic E-state index is 0.102. The minimum Gasteiger partial charge on any atom is -0.465 e. The second-order valence-corrected chi connectivity index (χ2v) is 4.32. The molecule has 0 atom stereocenters. The molecule has 0 aliphatic heterocycles. The fourth-order valence-electron chi connectivity index (χ4n) is 1.82. The molecule has 0 aliphatic carbocycles. The van der Waals surface area contributed by atoms with Gasteiger partial charge in [0.1, 0.15) is 0 Å². The van der Waals surface area contributed by atoms with Gasteiger partial charge in [0, 0.05) is 6.42 Å². The molecule has 0 aromatic heterocycles. The quantitative estimate of drug-likeness (QED) is 0.299. The van der Waals surface area contributed by atoms with Crippen LogP contribution in [0.5, 0.6) is 0 Å². The minimum atomic E-state index is -1.36. The Kier molecular flexibility index (Phi) is 9.75. The van der Waals surface area contributed by atoms with Gasteiger partial charge in [-0.1, -0.05) is 0 Å². The summed E-state index contributed by atoms with van der Waals surface area (Å²) in [7, 11) is 0. The second-order valence-electron chi connectivity index (χ2n) is 4.32. The molecule has 116 valence electrons. The highest BCUT2D eigenvalue weighted by molar-refractivity contribution is 6.00. The lowest BCUT2D eigenvalue weighted by Crippen LogP contribution is -2.42. The van der Waals surface area contributed by atoms with Crippen LogP contribution >= 0.6 is 0 Å². The average Bonchev–Trinajstić information content (AvgIpc) is 2.47. The van der Waals surface area contributed by atoms with Crippen LogP contribution in [0.1, 0.15) is 47.0 Å². The van der Waals surface area contributed by atoms with Crippen LogP contribution in [0.15, 0.2) is 17.9 Å². The summed E-state index contributed by atoms with van der Waals surface area (Å²) in [5.41, 5.74) is 1.57. The van der Waals surface area contributed by atoms with Gasteiger partial charge in [0.25, 0.3) is 0 Å². The van der Waals surface area contributed by atoms with Gasteiger partial charge < -0.3 is 9.47 Å². The number of rotatable bonds is 8. The predicted molar refractivity (Wildman–Crippen MR) is 81.3 cm³/mol. The molecule has 0 unspecified atom stereocenters. The zero-order valence-electron chi connectivity index (χ0n) is 13.3. The fraction of sp³-hybridized carbons (Fsp3) is 0.588. The second kappa shape index (κ2) is 10.8. The van der Waals surface area contributed by atoms with Gasteiger partial charge in [-0.2, -0.15) is 0 Å². The van der Waals surface area contributed by atoms with E-state index in [2.05, 4.69) is 17.6 Å². The van der Waals surface area contributed by atoms with Crippen molar-refractivity contribution in [2.75, 3.05) is 13.2 Å². The van der Waals surface area contributed by atoms with E-state index in [4.69, 9.17) is 9.47 Å².